The van der Waals surface area contributed by atoms with E-state index in [1.54, 1.807) is 0 Å². The van der Waals surface area contributed by atoms with Gasteiger partial charge in [-0.3, -0.25) is 11.0 Å². The summed E-state index contributed by atoms with van der Waals surface area (Å²) in [7, 11) is -1.01. The largest absolute Gasteiger partial charge is 2.00 e. The summed E-state index contributed by atoms with van der Waals surface area (Å²) in [6.45, 7) is 20.6. The van der Waals surface area contributed by atoms with Gasteiger partial charge >= 0.3 is 18.6 Å². The van der Waals surface area contributed by atoms with Crippen molar-refractivity contribution in [2.45, 2.75) is 85.7 Å². The van der Waals surface area contributed by atoms with E-state index in [1.807, 2.05) is 0 Å². The average Bonchev–Trinajstić information content (AvgIpc) is 2.66. The Kier molecular flexibility index (Phi) is 11.3. The van der Waals surface area contributed by atoms with Gasteiger partial charge in [0.15, 0.2) is 0 Å². The Balaban J connectivity index is 0. The van der Waals surface area contributed by atoms with Gasteiger partial charge in [-0.05, 0) is 41.5 Å². The summed E-state index contributed by atoms with van der Waals surface area (Å²) in [4.78, 5) is 2.50. The van der Waals surface area contributed by atoms with Crippen LogP contribution in [0.25, 0.3) is 0 Å². The molecule has 0 unspecified atom stereocenters. The normalized spacial score (nSPS) is 14.6. The SMILES string of the molecule is CC(C)N(C(C)C)C(C)C.C[Si](C)(C)C1=[C-]CC=C1.[V+2]. The quantitative estimate of drug-likeness (QED) is 0.514. The van der Waals surface area contributed by atoms with Gasteiger partial charge in [0.2, 0.25) is 0 Å². The van der Waals surface area contributed by atoms with E-state index in [-0.39, 0.29) is 18.6 Å². The zero-order chi connectivity index (χ0) is 15.2. The Hall–Kier alpha value is 0.241. The molecule has 0 saturated heterocycles. The van der Waals surface area contributed by atoms with Gasteiger partial charge in [0.05, 0.1) is 0 Å². The van der Waals surface area contributed by atoms with Crippen LogP contribution in [-0.4, -0.2) is 31.1 Å². The Labute approximate surface area is 140 Å². The Morgan fingerprint density at radius 3 is 1.45 bits per heavy atom. The standard InChI is InChI=1S/C9H21N.C8H13Si.V/c1-7(2)10(8(3)4)9(5)6;1-9(2,3)8-6-4-5-7-8;/h7-9H,1-6H3;4,6H,5H2,1-3H3;/q;-1;+2. The molecule has 0 heterocycles. The van der Waals surface area contributed by atoms with Crippen molar-refractivity contribution in [3.8, 4) is 0 Å². The van der Waals surface area contributed by atoms with E-state index in [2.05, 4.69) is 84.3 Å². The minimum Gasteiger partial charge on any atom is -0.296 e. The second kappa shape index (κ2) is 10.0. The van der Waals surface area contributed by atoms with Crippen LogP contribution in [0, 0.1) is 6.08 Å². The Morgan fingerprint density at radius 2 is 1.35 bits per heavy atom. The molecule has 0 spiro atoms. The van der Waals surface area contributed by atoms with E-state index in [1.165, 1.54) is 5.20 Å². The predicted molar refractivity (Wildman–Crippen MR) is 91.1 cm³/mol. The minimum absolute atomic E-state index is 0. The fourth-order valence-electron chi connectivity index (χ4n) is 2.71. The molecule has 0 aromatic heterocycles. The molecule has 3 heteroatoms. The molecule has 0 saturated carbocycles. The maximum absolute atomic E-state index is 3.36. The summed E-state index contributed by atoms with van der Waals surface area (Å²) in [5.74, 6) is 0. The third-order valence-electron chi connectivity index (χ3n) is 3.29. The van der Waals surface area contributed by atoms with Crippen LogP contribution in [0.15, 0.2) is 17.3 Å². The Morgan fingerprint density at radius 1 is 0.950 bits per heavy atom. The predicted octanol–water partition coefficient (Wildman–Crippen LogP) is 5.06. The van der Waals surface area contributed by atoms with Crippen LogP contribution in [0.2, 0.25) is 19.6 Å². The van der Waals surface area contributed by atoms with Crippen LogP contribution in [0.4, 0.5) is 0 Å². The number of rotatable bonds is 4. The van der Waals surface area contributed by atoms with Gasteiger partial charge < -0.3 is 0 Å². The van der Waals surface area contributed by atoms with E-state index in [9.17, 15) is 0 Å². The molecule has 0 amide bonds. The summed E-state index contributed by atoms with van der Waals surface area (Å²) in [5.41, 5.74) is 0. The van der Waals surface area contributed by atoms with Crippen molar-refractivity contribution in [2.24, 2.45) is 0 Å². The third-order valence-corrected chi connectivity index (χ3v) is 5.25. The zero-order valence-corrected chi connectivity index (χ0v) is 17.4. The molecule has 1 radical (unpaired) electrons. The number of hydrogen-bond donors (Lipinski definition) is 0. The maximum Gasteiger partial charge on any atom is 2.00 e. The second-order valence-corrected chi connectivity index (χ2v) is 12.2. The van der Waals surface area contributed by atoms with Crippen molar-refractivity contribution in [1.82, 2.24) is 4.90 Å². The molecule has 0 fully saturated rings. The van der Waals surface area contributed by atoms with Gasteiger partial charge in [-0.1, -0.05) is 19.6 Å². The molecule has 0 bridgehead atoms. The van der Waals surface area contributed by atoms with Crippen LogP contribution in [-0.2, 0) is 18.6 Å². The molecule has 115 valence electrons. The summed E-state index contributed by atoms with van der Waals surface area (Å²) in [6.07, 6.45) is 8.82. The van der Waals surface area contributed by atoms with Crippen molar-refractivity contribution in [3.63, 3.8) is 0 Å². The van der Waals surface area contributed by atoms with Crippen molar-refractivity contribution in [3.05, 3.63) is 23.4 Å². The van der Waals surface area contributed by atoms with Gasteiger partial charge in [-0.2, -0.15) is 6.08 Å². The number of hydrogen-bond acceptors (Lipinski definition) is 1. The fraction of sp³-hybridized carbons (Fsp3) is 0.765. The summed E-state index contributed by atoms with van der Waals surface area (Å²) in [6, 6.07) is 2.00. The smallest absolute Gasteiger partial charge is 0.296 e. The Bertz CT molecular complexity index is 292. The molecule has 20 heavy (non-hydrogen) atoms. The van der Waals surface area contributed by atoms with Gasteiger partial charge in [0.1, 0.15) is 0 Å². The first-order valence-corrected chi connectivity index (χ1v) is 11.1. The summed E-state index contributed by atoms with van der Waals surface area (Å²) >= 11 is 0. The van der Waals surface area contributed by atoms with Crippen LogP contribution < -0.4 is 0 Å². The van der Waals surface area contributed by atoms with Gasteiger partial charge in [0.25, 0.3) is 0 Å². The van der Waals surface area contributed by atoms with Gasteiger partial charge in [0, 0.05) is 26.2 Å². The van der Waals surface area contributed by atoms with E-state index in [4.69, 9.17) is 0 Å². The molecule has 0 aliphatic heterocycles. The molecular formula is C17H34NSiV+. The first kappa shape index (κ1) is 22.5. The van der Waals surface area contributed by atoms with E-state index in [0.717, 1.165) is 6.42 Å². The first-order valence-electron chi connectivity index (χ1n) is 7.62. The van der Waals surface area contributed by atoms with Crippen LogP contribution in [0.3, 0.4) is 0 Å². The second-order valence-electron chi connectivity index (χ2n) is 7.18. The number of nitrogens with zero attached hydrogens (tertiary/aromatic N) is 1. The molecular weight excluding hydrogens is 297 g/mol. The minimum atomic E-state index is -1.01. The molecule has 1 aliphatic carbocycles. The topological polar surface area (TPSA) is 3.24 Å². The number of allylic oxidation sites excluding steroid dienone is 4. The van der Waals surface area contributed by atoms with Crippen LogP contribution >= 0.6 is 0 Å². The van der Waals surface area contributed by atoms with E-state index in [0.29, 0.717) is 18.1 Å². The molecule has 0 N–H and O–H groups in total. The van der Waals surface area contributed by atoms with Crippen LogP contribution in [0.5, 0.6) is 0 Å². The van der Waals surface area contributed by atoms with Crippen molar-refractivity contribution < 1.29 is 18.6 Å². The third kappa shape index (κ3) is 8.51. The van der Waals surface area contributed by atoms with Crippen molar-refractivity contribution >= 4 is 8.07 Å². The average molecular weight is 331 g/mol. The molecule has 0 aromatic rings. The fourth-order valence-corrected chi connectivity index (χ4v) is 3.96. The molecule has 0 atom stereocenters. The monoisotopic (exact) mass is 331 g/mol. The van der Waals surface area contributed by atoms with Crippen molar-refractivity contribution in [2.75, 3.05) is 0 Å². The molecule has 0 aromatic carbocycles. The van der Waals surface area contributed by atoms with E-state index >= 15 is 0 Å². The van der Waals surface area contributed by atoms with Gasteiger partial charge in [-0.15, -0.1) is 6.42 Å². The summed E-state index contributed by atoms with van der Waals surface area (Å²) < 4.78 is 0. The van der Waals surface area contributed by atoms with E-state index < -0.39 is 8.07 Å². The maximum atomic E-state index is 3.36. The molecule has 1 rings (SSSR count). The zero-order valence-electron chi connectivity index (χ0n) is 15.0. The van der Waals surface area contributed by atoms with Gasteiger partial charge in [-0.25, -0.2) is 11.3 Å². The first-order chi connectivity index (χ1) is 8.57. The summed E-state index contributed by atoms with van der Waals surface area (Å²) in [5, 5.41) is 1.49. The molecule has 1 aliphatic rings. The molecule has 1 nitrogen and oxygen atoms in total. The van der Waals surface area contributed by atoms with Crippen LogP contribution in [0.1, 0.15) is 48.0 Å². The van der Waals surface area contributed by atoms with Crippen molar-refractivity contribution in [1.29, 1.82) is 0 Å².